The van der Waals surface area contributed by atoms with E-state index in [0.717, 1.165) is 17.1 Å². The zero-order chi connectivity index (χ0) is 43.4. The van der Waals surface area contributed by atoms with Crippen LogP contribution in [0.5, 0.6) is 0 Å². The van der Waals surface area contributed by atoms with E-state index in [2.05, 4.69) is 204 Å². The van der Waals surface area contributed by atoms with E-state index in [-0.39, 0.29) is 16.2 Å². The van der Waals surface area contributed by atoms with Gasteiger partial charge in [-0.15, -0.1) is 0 Å². The summed E-state index contributed by atoms with van der Waals surface area (Å²) in [6.45, 7) is 25.7. The van der Waals surface area contributed by atoms with Crippen LogP contribution in [0.15, 0.2) is 121 Å². The molecule has 0 atom stereocenters. The monoisotopic (exact) mass is 822 g/mol. The van der Waals surface area contributed by atoms with Gasteiger partial charge in [0.25, 0.3) is 0 Å². The van der Waals surface area contributed by atoms with Crippen molar-refractivity contribution in [2.75, 3.05) is 4.90 Å². The molecule has 0 aliphatic heterocycles. The fourth-order valence-electron chi connectivity index (χ4n) is 10.2. The van der Waals surface area contributed by atoms with Crippen molar-refractivity contribution < 1.29 is 0 Å². The third-order valence-corrected chi connectivity index (χ3v) is 15.5. The largest absolute Gasteiger partial charge is 0.310 e. The molecule has 306 valence electrons. The fraction of sp³-hybridized carbons (Fsp3) is 0.246. The van der Waals surface area contributed by atoms with Gasteiger partial charge in [-0.25, -0.2) is 0 Å². The summed E-state index contributed by atoms with van der Waals surface area (Å²) in [5, 5.41) is 21.5. The van der Waals surface area contributed by atoms with Crippen molar-refractivity contribution in [3.05, 3.63) is 144 Å². The Bertz CT molecular complexity index is 3650. The molecule has 0 saturated heterocycles. The SMILES string of the molecule is C[SiH](C)c1ccc(N(c2ccc(C#N)cc2)c2ccc3c4cc(C(C)(C)C)cc5c6cc7c(cc6n(c3c2)c45)c2cc(C(C)(C)C)cc3c4cc(C(C)(C)C)ccc4n7c32)cc1. The van der Waals surface area contributed by atoms with E-state index in [1.54, 1.807) is 0 Å². The zero-order valence-corrected chi connectivity index (χ0v) is 39.1. The third kappa shape index (κ3) is 5.55. The molecule has 0 aliphatic carbocycles. The van der Waals surface area contributed by atoms with Crippen LogP contribution in [0.25, 0.3) is 76.2 Å². The summed E-state index contributed by atoms with van der Waals surface area (Å²) >= 11 is 0. The van der Waals surface area contributed by atoms with Gasteiger partial charge in [0.1, 0.15) is 0 Å². The second-order valence-electron chi connectivity index (χ2n) is 21.3. The van der Waals surface area contributed by atoms with Crippen molar-refractivity contribution in [2.24, 2.45) is 0 Å². The van der Waals surface area contributed by atoms with Crippen LogP contribution in [0.2, 0.25) is 13.1 Å². The Morgan fingerprint density at radius 1 is 0.419 bits per heavy atom. The normalized spacial score (nSPS) is 13.2. The second-order valence-corrected chi connectivity index (χ2v) is 24.3. The maximum atomic E-state index is 9.69. The first-order chi connectivity index (χ1) is 29.4. The fourth-order valence-corrected chi connectivity index (χ4v) is 11.1. The van der Waals surface area contributed by atoms with Crippen LogP contribution in [0.3, 0.4) is 0 Å². The molecule has 11 rings (SSSR count). The Labute approximate surface area is 365 Å². The molecule has 0 amide bonds. The number of rotatable bonds is 4. The van der Waals surface area contributed by atoms with Crippen LogP contribution < -0.4 is 10.1 Å². The Morgan fingerprint density at radius 2 is 0.839 bits per heavy atom. The zero-order valence-electron chi connectivity index (χ0n) is 37.9. The number of aromatic nitrogens is 2. The molecule has 0 N–H and O–H groups in total. The molecule has 5 heteroatoms. The number of nitrogens with zero attached hydrogens (tertiary/aromatic N) is 4. The molecule has 0 radical (unpaired) electrons. The van der Waals surface area contributed by atoms with Gasteiger partial charge in [0.05, 0.1) is 53.5 Å². The van der Waals surface area contributed by atoms with Gasteiger partial charge in [0.15, 0.2) is 0 Å². The standard InChI is InChI=1S/C57H54N4Si/c1-55(2,3)34-14-23-49-42(24-34)46-26-36(57(7,8)9)28-48-43-31-52-44(30-51(43)60(49)54(46)48)47-27-35(56(4,5)6)25-45-41-22-19-39(29-50(41)61(52)53(45)47)59(37-15-12-33(32-58)13-16-37)38-17-20-40(21-18-38)62(10)11/h12-31,62H,1-11H3. The van der Waals surface area contributed by atoms with Gasteiger partial charge in [0.2, 0.25) is 0 Å². The predicted octanol–water partition coefficient (Wildman–Crippen LogP) is 14.9. The molecule has 0 unspecified atom stereocenters. The highest BCUT2D eigenvalue weighted by Crippen LogP contribution is 2.48. The van der Waals surface area contributed by atoms with Crippen LogP contribution in [0.1, 0.15) is 84.6 Å². The Hall–Kier alpha value is -6.35. The van der Waals surface area contributed by atoms with Crippen LogP contribution in [-0.2, 0) is 16.2 Å². The first-order valence-electron chi connectivity index (χ1n) is 22.3. The number of nitriles is 1. The van der Waals surface area contributed by atoms with E-state index in [1.165, 1.54) is 98.1 Å². The number of benzene rings is 7. The highest BCUT2D eigenvalue weighted by atomic mass is 28.3. The Balaban J connectivity index is 1.26. The predicted molar refractivity (Wildman–Crippen MR) is 270 cm³/mol. The first kappa shape index (κ1) is 38.6. The molecule has 0 bridgehead atoms. The maximum Gasteiger partial charge on any atom is 0.0991 e. The molecule has 4 heterocycles. The second kappa shape index (κ2) is 12.8. The summed E-state index contributed by atoms with van der Waals surface area (Å²) in [6, 6.07) is 48.5. The average Bonchev–Trinajstić information content (AvgIpc) is 3.95. The molecule has 0 saturated carbocycles. The lowest BCUT2D eigenvalue weighted by Gasteiger charge is -2.26. The van der Waals surface area contributed by atoms with Crippen LogP contribution in [0, 0.1) is 11.3 Å². The summed E-state index contributed by atoms with van der Waals surface area (Å²) in [7, 11) is -0.972. The molecule has 62 heavy (non-hydrogen) atoms. The van der Waals surface area contributed by atoms with E-state index >= 15 is 0 Å². The first-order valence-corrected chi connectivity index (χ1v) is 25.1. The van der Waals surface area contributed by atoms with Gasteiger partial charge in [-0.1, -0.05) is 105 Å². The lowest BCUT2D eigenvalue weighted by Crippen LogP contribution is -2.22. The topological polar surface area (TPSA) is 35.9 Å². The van der Waals surface area contributed by atoms with Crippen molar-refractivity contribution in [2.45, 2.75) is 91.7 Å². The third-order valence-electron chi connectivity index (χ3n) is 13.8. The van der Waals surface area contributed by atoms with Crippen LogP contribution in [0.4, 0.5) is 17.1 Å². The van der Waals surface area contributed by atoms with Crippen molar-refractivity contribution in [3.8, 4) is 6.07 Å². The molecular formula is C57H54N4Si. The molecular weight excluding hydrogens is 769 g/mol. The number of hydrogen-bond acceptors (Lipinski definition) is 2. The summed E-state index contributed by atoms with van der Waals surface area (Å²) < 4.78 is 5.12. The minimum absolute atomic E-state index is 0.0170. The summed E-state index contributed by atoms with van der Waals surface area (Å²) in [4.78, 5) is 2.34. The van der Waals surface area contributed by atoms with Crippen molar-refractivity contribution >= 4 is 107 Å². The highest BCUT2D eigenvalue weighted by molar-refractivity contribution is 6.70. The molecule has 0 fully saturated rings. The number of fused-ring (bicyclic) bond motifs is 12. The molecule has 4 nitrogen and oxygen atoms in total. The highest BCUT2D eigenvalue weighted by Gasteiger charge is 2.28. The van der Waals surface area contributed by atoms with Gasteiger partial charge < -0.3 is 13.7 Å². The molecule has 0 aliphatic rings. The Morgan fingerprint density at radius 3 is 1.32 bits per heavy atom. The lowest BCUT2D eigenvalue weighted by molar-refractivity contribution is 0.590. The summed E-state index contributed by atoms with van der Waals surface area (Å²) in [5.74, 6) is 0. The number of hydrogen-bond donors (Lipinski definition) is 0. The van der Waals surface area contributed by atoms with E-state index in [9.17, 15) is 5.26 Å². The van der Waals surface area contributed by atoms with E-state index in [4.69, 9.17) is 0 Å². The lowest BCUT2D eigenvalue weighted by atomic mass is 9.84. The van der Waals surface area contributed by atoms with Gasteiger partial charge in [-0.3, -0.25) is 0 Å². The van der Waals surface area contributed by atoms with E-state index < -0.39 is 8.80 Å². The van der Waals surface area contributed by atoms with Gasteiger partial charge in [-0.05, 0) is 130 Å². The molecule has 4 aromatic heterocycles. The Kier molecular flexibility index (Phi) is 7.99. The van der Waals surface area contributed by atoms with Gasteiger partial charge >= 0.3 is 0 Å². The quantitative estimate of drug-likeness (QED) is 0.166. The molecule has 11 aromatic rings. The van der Waals surface area contributed by atoms with E-state index in [0.29, 0.717) is 5.56 Å². The smallest absolute Gasteiger partial charge is 0.0991 e. The van der Waals surface area contributed by atoms with Crippen LogP contribution >= 0.6 is 0 Å². The summed E-state index contributed by atoms with van der Waals surface area (Å²) in [5.41, 5.74) is 15.5. The van der Waals surface area contributed by atoms with Gasteiger partial charge in [0, 0.05) is 60.2 Å². The van der Waals surface area contributed by atoms with E-state index in [1.807, 2.05) is 12.1 Å². The summed E-state index contributed by atoms with van der Waals surface area (Å²) in [6.07, 6.45) is 0. The minimum atomic E-state index is -0.972. The van der Waals surface area contributed by atoms with Crippen molar-refractivity contribution in [1.82, 2.24) is 8.80 Å². The number of anilines is 3. The van der Waals surface area contributed by atoms with Crippen molar-refractivity contribution in [1.29, 1.82) is 5.26 Å². The maximum absolute atomic E-state index is 9.69. The molecule has 7 aromatic carbocycles. The average molecular weight is 823 g/mol. The van der Waals surface area contributed by atoms with Crippen LogP contribution in [-0.4, -0.2) is 17.6 Å². The minimum Gasteiger partial charge on any atom is -0.310 e. The molecule has 0 spiro atoms. The van der Waals surface area contributed by atoms with Gasteiger partial charge in [-0.2, -0.15) is 5.26 Å². The van der Waals surface area contributed by atoms with Crippen molar-refractivity contribution in [3.63, 3.8) is 0 Å².